The molecule has 0 unspecified atom stereocenters. The number of halogens is 2. The van der Waals surface area contributed by atoms with Gasteiger partial charge in [0.25, 0.3) is 5.91 Å². The zero-order valence-electron chi connectivity index (χ0n) is 12.7. The van der Waals surface area contributed by atoms with Gasteiger partial charge in [-0.1, -0.05) is 12.2 Å². The molecule has 0 aromatic heterocycles. The standard InChI is InChI=1S/C18H16F2N2O/c1-21(15-8-9-16(19)17(20)12-15)18(23)13-4-6-14(7-5-13)22-10-2-3-11-22/h2-9,12H,10-11H2,1H3. The van der Waals surface area contributed by atoms with Crippen molar-refractivity contribution in [1.82, 2.24) is 0 Å². The van der Waals surface area contributed by atoms with Crippen LogP contribution in [0, 0.1) is 11.6 Å². The molecule has 5 heteroatoms. The highest BCUT2D eigenvalue weighted by Crippen LogP contribution is 2.21. The highest BCUT2D eigenvalue weighted by Gasteiger charge is 2.16. The minimum atomic E-state index is -0.973. The average Bonchev–Trinajstić information content (AvgIpc) is 3.11. The molecule has 2 aromatic carbocycles. The third kappa shape index (κ3) is 3.08. The first kappa shape index (κ1) is 15.2. The van der Waals surface area contributed by atoms with Gasteiger partial charge in [0.05, 0.1) is 0 Å². The average molecular weight is 314 g/mol. The Hall–Kier alpha value is -2.69. The number of nitrogens with zero attached hydrogens (tertiary/aromatic N) is 2. The van der Waals surface area contributed by atoms with Gasteiger partial charge < -0.3 is 9.80 Å². The van der Waals surface area contributed by atoms with Gasteiger partial charge in [-0.15, -0.1) is 0 Å². The number of amides is 1. The van der Waals surface area contributed by atoms with Crippen LogP contribution in [0.15, 0.2) is 54.6 Å². The highest BCUT2D eigenvalue weighted by molar-refractivity contribution is 6.05. The van der Waals surface area contributed by atoms with Crippen molar-refractivity contribution in [3.8, 4) is 0 Å². The topological polar surface area (TPSA) is 23.6 Å². The largest absolute Gasteiger partial charge is 0.364 e. The number of anilines is 2. The summed E-state index contributed by atoms with van der Waals surface area (Å²) in [4.78, 5) is 15.9. The van der Waals surface area contributed by atoms with Crippen LogP contribution < -0.4 is 9.80 Å². The zero-order chi connectivity index (χ0) is 16.4. The summed E-state index contributed by atoms with van der Waals surface area (Å²) in [6, 6.07) is 10.7. The van der Waals surface area contributed by atoms with Crippen molar-refractivity contribution < 1.29 is 13.6 Å². The van der Waals surface area contributed by atoms with E-state index in [1.807, 2.05) is 12.1 Å². The second-order valence-corrected chi connectivity index (χ2v) is 5.39. The number of rotatable bonds is 3. The molecule has 3 rings (SSSR count). The van der Waals surface area contributed by atoms with Crippen molar-refractivity contribution in [1.29, 1.82) is 0 Å². The van der Waals surface area contributed by atoms with E-state index in [0.717, 1.165) is 30.9 Å². The molecule has 3 nitrogen and oxygen atoms in total. The number of hydrogen-bond acceptors (Lipinski definition) is 2. The lowest BCUT2D eigenvalue weighted by molar-refractivity contribution is 0.0993. The molecule has 1 aliphatic heterocycles. The number of benzene rings is 2. The molecule has 0 fully saturated rings. The molecule has 0 atom stereocenters. The smallest absolute Gasteiger partial charge is 0.258 e. The van der Waals surface area contributed by atoms with E-state index < -0.39 is 11.6 Å². The van der Waals surface area contributed by atoms with Crippen molar-refractivity contribution >= 4 is 17.3 Å². The number of carbonyl (C=O) groups excluding carboxylic acids is 1. The number of hydrogen-bond donors (Lipinski definition) is 0. The molecular weight excluding hydrogens is 298 g/mol. The van der Waals surface area contributed by atoms with Crippen molar-refractivity contribution in [2.24, 2.45) is 0 Å². The lowest BCUT2D eigenvalue weighted by Crippen LogP contribution is -2.26. The quantitative estimate of drug-likeness (QED) is 0.808. The van der Waals surface area contributed by atoms with Crippen LogP contribution in [0.2, 0.25) is 0 Å². The first-order valence-electron chi connectivity index (χ1n) is 7.29. The molecule has 118 valence electrons. The van der Waals surface area contributed by atoms with Gasteiger partial charge in [0.1, 0.15) is 0 Å². The molecule has 2 aromatic rings. The lowest BCUT2D eigenvalue weighted by atomic mass is 10.1. The Balaban J connectivity index is 1.77. The van der Waals surface area contributed by atoms with Crippen LogP contribution in [0.5, 0.6) is 0 Å². The van der Waals surface area contributed by atoms with E-state index in [9.17, 15) is 13.6 Å². The normalized spacial score (nSPS) is 13.4. The summed E-state index contributed by atoms with van der Waals surface area (Å²) < 4.78 is 26.3. The number of carbonyl (C=O) groups is 1. The summed E-state index contributed by atoms with van der Waals surface area (Å²) in [7, 11) is 1.54. The first-order chi connectivity index (χ1) is 11.1. The van der Waals surface area contributed by atoms with E-state index in [4.69, 9.17) is 0 Å². The van der Waals surface area contributed by atoms with Gasteiger partial charge in [-0.3, -0.25) is 4.79 Å². The second-order valence-electron chi connectivity index (χ2n) is 5.39. The van der Waals surface area contributed by atoms with Crippen molar-refractivity contribution in [2.75, 3.05) is 29.9 Å². The summed E-state index contributed by atoms with van der Waals surface area (Å²) in [5.74, 6) is -2.18. The first-order valence-corrected chi connectivity index (χ1v) is 7.29. The van der Waals surface area contributed by atoms with Crippen LogP contribution in [-0.4, -0.2) is 26.0 Å². The monoisotopic (exact) mass is 314 g/mol. The van der Waals surface area contributed by atoms with E-state index in [1.54, 1.807) is 12.1 Å². The Morgan fingerprint density at radius 1 is 1.00 bits per heavy atom. The van der Waals surface area contributed by atoms with Gasteiger partial charge in [0.2, 0.25) is 0 Å². The fourth-order valence-electron chi connectivity index (χ4n) is 2.51. The summed E-state index contributed by atoms with van der Waals surface area (Å²) in [5.41, 5.74) is 1.84. The lowest BCUT2D eigenvalue weighted by Gasteiger charge is -2.20. The van der Waals surface area contributed by atoms with Crippen molar-refractivity contribution in [3.63, 3.8) is 0 Å². The molecule has 0 saturated heterocycles. The van der Waals surface area contributed by atoms with E-state index in [0.29, 0.717) is 11.3 Å². The van der Waals surface area contributed by atoms with Gasteiger partial charge in [-0.25, -0.2) is 8.78 Å². The highest BCUT2D eigenvalue weighted by atomic mass is 19.2. The van der Waals surface area contributed by atoms with Crippen LogP contribution in [0.4, 0.5) is 20.2 Å². The predicted octanol–water partition coefficient (Wildman–Crippen LogP) is 3.62. The molecule has 23 heavy (non-hydrogen) atoms. The van der Waals surface area contributed by atoms with Gasteiger partial charge in [-0.2, -0.15) is 0 Å². The van der Waals surface area contributed by atoms with Crippen LogP contribution >= 0.6 is 0 Å². The third-order valence-corrected chi connectivity index (χ3v) is 3.89. The second kappa shape index (κ2) is 6.20. The van der Waals surface area contributed by atoms with Gasteiger partial charge in [-0.05, 0) is 36.4 Å². The molecule has 1 aliphatic rings. The summed E-state index contributed by atoms with van der Waals surface area (Å²) in [6.07, 6.45) is 4.19. The van der Waals surface area contributed by atoms with Crippen molar-refractivity contribution in [2.45, 2.75) is 0 Å². The van der Waals surface area contributed by atoms with Crippen LogP contribution in [0.1, 0.15) is 10.4 Å². The summed E-state index contributed by atoms with van der Waals surface area (Å²) in [6.45, 7) is 1.73. The van der Waals surface area contributed by atoms with E-state index >= 15 is 0 Å². The van der Waals surface area contributed by atoms with Crippen LogP contribution in [0.25, 0.3) is 0 Å². The maximum absolute atomic E-state index is 13.3. The minimum Gasteiger partial charge on any atom is -0.364 e. The van der Waals surface area contributed by atoms with E-state index in [1.165, 1.54) is 18.0 Å². The Morgan fingerprint density at radius 3 is 2.26 bits per heavy atom. The fraction of sp³-hybridized carbons (Fsp3) is 0.167. The minimum absolute atomic E-state index is 0.276. The Labute approximate surface area is 133 Å². The summed E-state index contributed by atoms with van der Waals surface area (Å²) in [5, 5.41) is 0. The van der Waals surface area contributed by atoms with E-state index in [2.05, 4.69) is 17.1 Å². The Bertz CT molecular complexity index is 748. The maximum atomic E-state index is 13.3. The summed E-state index contributed by atoms with van der Waals surface area (Å²) >= 11 is 0. The van der Waals surface area contributed by atoms with Crippen LogP contribution in [-0.2, 0) is 0 Å². The molecule has 1 heterocycles. The molecular formula is C18H16F2N2O. The van der Waals surface area contributed by atoms with Crippen LogP contribution in [0.3, 0.4) is 0 Å². The molecule has 0 bridgehead atoms. The molecule has 0 N–H and O–H groups in total. The van der Waals surface area contributed by atoms with Gasteiger partial charge >= 0.3 is 0 Å². The van der Waals surface area contributed by atoms with Gasteiger partial charge in [0.15, 0.2) is 11.6 Å². The molecule has 0 saturated carbocycles. The Morgan fingerprint density at radius 2 is 1.65 bits per heavy atom. The SMILES string of the molecule is CN(C(=O)c1ccc(N2CC=CC2)cc1)c1ccc(F)c(F)c1. The Kier molecular flexibility index (Phi) is 4.10. The van der Waals surface area contributed by atoms with E-state index in [-0.39, 0.29) is 5.91 Å². The van der Waals surface area contributed by atoms with Crippen molar-refractivity contribution in [3.05, 3.63) is 71.8 Å². The molecule has 0 spiro atoms. The molecule has 0 radical (unpaired) electrons. The zero-order valence-corrected chi connectivity index (χ0v) is 12.7. The molecule has 1 amide bonds. The maximum Gasteiger partial charge on any atom is 0.258 e. The van der Waals surface area contributed by atoms with Gasteiger partial charge in [0, 0.05) is 43.1 Å². The molecule has 0 aliphatic carbocycles. The predicted molar refractivity (Wildman–Crippen MR) is 86.9 cm³/mol. The fourth-order valence-corrected chi connectivity index (χ4v) is 2.51. The third-order valence-electron chi connectivity index (χ3n) is 3.89.